The van der Waals surface area contributed by atoms with Crippen molar-refractivity contribution in [3.63, 3.8) is 0 Å². The van der Waals surface area contributed by atoms with E-state index in [0.29, 0.717) is 0 Å². The van der Waals surface area contributed by atoms with E-state index in [1.165, 1.54) is 18.4 Å². The number of hydrogen-bond donors (Lipinski definition) is 2. The van der Waals surface area contributed by atoms with Crippen LogP contribution < -0.4 is 10.6 Å². The van der Waals surface area contributed by atoms with E-state index in [4.69, 9.17) is 0 Å². The van der Waals surface area contributed by atoms with E-state index in [1.54, 1.807) is 0 Å². The first-order valence-corrected chi connectivity index (χ1v) is 8.24. The summed E-state index contributed by atoms with van der Waals surface area (Å²) < 4.78 is 1.16. The zero-order valence-electron chi connectivity index (χ0n) is 12.0. The van der Waals surface area contributed by atoms with Crippen LogP contribution in [0.2, 0.25) is 0 Å². The van der Waals surface area contributed by atoms with Crippen molar-refractivity contribution in [2.45, 2.75) is 31.1 Å². The lowest BCUT2D eigenvalue weighted by Gasteiger charge is -2.24. The highest BCUT2D eigenvalue weighted by atomic mass is 79.9. The second-order valence-electron chi connectivity index (χ2n) is 6.02. The molecule has 1 aromatic carbocycles. The van der Waals surface area contributed by atoms with Crippen LogP contribution in [-0.4, -0.2) is 25.5 Å². The smallest absolute Gasteiger partial charge is 0.224 e. The molecule has 2 fully saturated rings. The van der Waals surface area contributed by atoms with Gasteiger partial charge in [0.1, 0.15) is 0 Å². The maximum absolute atomic E-state index is 12.2. The Bertz CT molecular complexity index is 499. The molecule has 1 heterocycles. The third kappa shape index (κ3) is 3.79. The summed E-state index contributed by atoms with van der Waals surface area (Å²) in [6.07, 6.45) is 4.45. The van der Waals surface area contributed by atoms with Crippen LogP contribution >= 0.6 is 28.3 Å². The van der Waals surface area contributed by atoms with E-state index < -0.39 is 0 Å². The van der Waals surface area contributed by atoms with E-state index >= 15 is 0 Å². The minimum Gasteiger partial charge on any atom is -0.355 e. The predicted molar refractivity (Wildman–Crippen MR) is 90.9 cm³/mol. The topological polar surface area (TPSA) is 41.1 Å². The minimum absolute atomic E-state index is 0. The van der Waals surface area contributed by atoms with Crippen molar-refractivity contribution in [2.24, 2.45) is 5.92 Å². The zero-order valence-corrected chi connectivity index (χ0v) is 14.4. The minimum atomic E-state index is 0. The Hall–Kier alpha value is -0.580. The largest absolute Gasteiger partial charge is 0.355 e. The Labute approximate surface area is 140 Å². The highest BCUT2D eigenvalue weighted by Crippen LogP contribution is 2.49. The zero-order chi connectivity index (χ0) is 14.0. The molecule has 3 nitrogen and oxygen atoms in total. The summed E-state index contributed by atoms with van der Waals surface area (Å²) in [5, 5.41) is 6.48. The molecule has 21 heavy (non-hydrogen) atoms. The van der Waals surface area contributed by atoms with Crippen LogP contribution in [0.5, 0.6) is 0 Å². The van der Waals surface area contributed by atoms with E-state index in [0.717, 1.165) is 36.9 Å². The predicted octanol–water partition coefficient (Wildman–Crippen LogP) is 3.02. The average Bonchev–Trinajstić information content (AvgIpc) is 3.27. The third-order valence-electron chi connectivity index (χ3n) is 4.57. The fourth-order valence-corrected chi connectivity index (χ4v) is 3.77. The average molecular weight is 374 g/mol. The van der Waals surface area contributed by atoms with Crippen LogP contribution in [0.4, 0.5) is 0 Å². The molecule has 1 aliphatic heterocycles. The second kappa shape index (κ2) is 7.12. The van der Waals surface area contributed by atoms with Crippen LogP contribution in [-0.2, 0) is 10.2 Å². The fraction of sp³-hybridized carbons (Fsp3) is 0.562. The van der Waals surface area contributed by atoms with Crippen molar-refractivity contribution in [3.05, 3.63) is 34.3 Å². The number of carbonyl (C=O) groups excluding carboxylic acids is 1. The van der Waals surface area contributed by atoms with Gasteiger partial charge in [0.05, 0.1) is 5.92 Å². The molecule has 1 saturated carbocycles. The number of nitrogens with one attached hydrogen (secondary N) is 2. The van der Waals surface area contributed by atoms with Gasteiger partial charge in [0.15, 0.2) is 0 Å². The molecule has 0 bridgehead atoms. The maximum atomic E-state index is 12.2. The molecule has 2 aliphatic rings. The maximum Gasteiger partial charge on any atom is 0.224 e. The van der Waals surface area contributed by atoms with Crippen LogP contribution in [0.15, 0.2) is 28.7 Å². The highest BCUT2D eigenvalue weighted by molar-refractivity contribution is 9.10. The Morgan fingerprint density at radius 3 is 2.76 bits per heavy atom. The lowest BCUT2D eigenvalue weighted by atomic mass is 9.94. The Kier molecular flexibility index (Phi) is 5.69. The van der Waals surface area contributed by atoms with Crippen molar-refractivity contribution in [2.75, 3.05) is 19.6 Å². The van der Waals surface area contributed by atoms with Crippen LogP contribution in [0.3, 0.4) is 0 Å². The first kappa shape index (κ1) is 16.8. The number of halogens is 2. The molecule has 1 atom stereocenters. The summed E-state index contributed by atoms with van der Waals surface area (Å²) in [6, 6.07) is 8.37. The molecule has 1 aromatic rings. The number of hydrogen-bond acceptors (Lipinski definition) is 2. The summed E-state index contributed by atoms with van der Waals surface area (Å²) >= 11 is 3.63. The van der Waals surface area contributed by atoms with Crippen LogP contribution in [0.1, 0.15) is 31.2 Å². The van der Waals surface area contributed by atoms with Gasteiger partial charge in [-0.2, -0.15) is 0 Å². The van der Waals surface area contributed by atoms with Gasteiger partial charge >= 0.3 is 0 Å². The molecule has 3 rings (SSSR count). The van der Waals surface area contributed by atoms with Gasteiger partial charge in [0, 0.05) is 23.0 Å². The fourth-order valence-electron chi connectivity index (χ4n) is 3.06. The van der Waals surface area contributed by atoms with E-state index in [-0.39, 0.29) is 29.6 Å². The molecule has 1 unspecified atom stereocenters. The third-order valence-corrected chi connectivity index (χ3v) is 5.26. The molecule has 1 aliphatic carbocycles. The Morgan fingerprint density at radius 2 is 2.14 bits per heavy atom. The monoisotopic (exact) mass is 372 g/mol. The molecule has 1 amide bonds. The standard InChI is InChI=1S/C16H21BrN2O.ClH/c17-14-6-2-1-5-13(14)16(7-8-16)11-19-15(20)12-4-3-9-18-10-12;/h1-2,5-6,12,18H,3-4,7-11H2,(H,19,20);1H. The second-order valence-corrected chi connectivity index (χ2v) is 6.88. The summed E-state index contributed by atoms with van der Waals surface area (Å²) in [6.45, 7) is 2.64. The molecular formula is C16H22BrClN2O. The van der Waals surface area contributed by atoms with E-state index in [9.17, 15) is 4.79 Å². The normalized spacial score (nSPS) is 23.0. The molecule has 5 heteroatoms. The van der Waals surface area contributed by atoms with Gasteiger partial charge in [-0.25, -0.2) is 0 Å². The Balaban J connectivity index is 0.00000161. The van der Waals surface area contributed by atoms with Crippen molar-refractivity contribution in [3.8, 4) is 0 Å². The van der Waals surface area contributed by atoms with Crippen molar-refractivity contribution in [1.82, 2.24) is 10.6 Å². The van der Waals surface area contributed by atoms with Crippen molar-refractivity contribution < 1.29 is 4.79 Å². The SMILES string of the molecule is Cl.O=C(NCC1(c2ccccc2Br)CC1)C1CCCNC1. The number of rotatable bonds is 4. The summed E-state index contributed by atoms with van der Waals surface area (Å²) in [4.78, 5) is 12.2. The highest BCUT2D eigenvalue weighted by Gasteiger charge is 2.45. The Morgan fingerprint density at radius 1 is 1.38 bits per heavy atom. The number of piperidine rings is 1. The summed E-state index contributed by atoms with van der Waals surface area (Å²) in [7, 11) is 0. The van der Waals surface area contributed by atoms with Gasteiger partial charge in [0.25, 0.3) is 0 Å². The summed E-state index contributed by atoms with van der Waals surface area (Å²) in [5.74, 6) is 0.370. The van der Waals surface area contributed by atoms with Gasteiger partial charge in [-0.05, 0) is 43.9 Å². The van der Waals surface area contributed by atoms with Gasteiger partial charge in [-0.1, -0.05) is 34.1 Å². The number of amides is 1. The van der Waals surface area contributed by atoms with Gasteiger partial charge < -0.3 is 10.6 Å². The lowest BCUT2D eigenvalue weighted by molar-refractivity contribution is -0.125. The number of benzene rings is 1. The number of carbonyl (C=O) groups is 1. The van der Waals surface area contributed by atoms with Crippen molar-refractivity contribution >= 4 is 34.2 Å². The van der Waals surface area contributed by atoms with Crippen LogP contribution in [0, 0.1) is 5.92 Å². The van der Waals surface area contributed by atoms with Crippen LogP contribution in [0.25, 0.3) is 0 Å². The van der Waals surface area contributed by atoms with Crippen molar-refractivity contribution in [1.29, 1.82) is 0 Å². The van der Waals surface area contributed by atoms with Gasteiger partial charge in [0.2, 0.25) is 5.91 Å². The first-order valence-electron chi connectivity index (χ1n) is 7.45. The summed E-state index contributed by atoms with van der Waals surface area (Å²) in [5.41, 5.74) is 1.50. The quantitative estimate of drug-likeness (QED) is 0.852. The first-order chi connectivity index (χ1) is 9.71. The molecule has 0 radical (unpaired) electrons. The molecule has 2 N–H and O–H groups in total. The molecular weight excluding hydrogens is 352 g/mol. The van der Waals surface area contributed by atoms with Gasteiger partial charge in [-0.15, -0.1) is 12.4 Å². The van der Waals surface area contributed by atoms with E-state index in [1.807, 2.05) is 6.07 Å². The molecule has 116 valence electrons. The van der Waals surface area contributed by atoms with Gasteiger partial charge in [-0.3, -0.25) is 4.79 Å². The van der Waals surface area contributed by atoms with E-state index in [2.05, 4.69) is 44.8 Å². The molecule has 1 saturated heterocycles. The molecule has 0 spiro atoms. The lowest BCUT2D eigenvalue weighted by Crippen LogP contribution is -2.42. The molecule has 0 aromatic heterocycles.